The zero-order chi connectivity index (χ0) is 18.9. The number of nitrogens with zero attached hydrogens (tertiary/aromatic N) is 1. The highest BCUT2D eigenvalue weighted by Gasteiger charge is 2.24. The molecule has 0 unspecified atom stereocenters. The minimum Gasteiger partial charge on any atom is -0.330 e. The molecular formula is C18H31N3O3S. The molecule has 0 aliphatic carbocycles. The number of unbranched alkanes of at least 4 members (excludes halogenated alkanes) is 3. The lowest BCUT2D eigenvalue weighted by Gasteiger charge is -2.20. The highest BCUT2D eigenvalue weighted by molar-refractivity contribution is 7.89. The van der Waals surface area contributed by atoms with Crippen molar-refractivity contribution in [3.63, 3.8) is 0 Å². The molecule has 0 aliphatic heterocycles. The van der Waals surface area contributed by atoms with Gasteiger partial charge in [0, 0.05) is 25.2 Å². The van der Waals surface area contributed by atoms with E-state index in [0.29, 0.717) is 37.3 Å². The van der Waals surface area contributed by atoms with Gasteiger partial charge in [-0.25, -0.2) is 8.42 Å². The van der Waals surface area contributed by atoms with E-state index in [-0.39, 0.29) is 10.8 Å². The number of nitrogens with two attached hydrogens (primary N) is 1. The fourth-order valence-electron chi connectivity index (χ4n) is 2.67. The molecule has 0 heterocycles. The summed E-state index contributed by atoms with van der Waals surface area (Å²) >= 11 is 0. The molecule has 1 aromatic rings. The molecule has 1 rings (SSSR count). The van der Waals surface area contributed by atoms with Crippen LogP contribution in [0.15, 0.2) is 23.1 Å². The Morgan fingerprint density at radius 1 is 1.12 bits per heavy atom. The smallest absolute Gasteiger partial charge is 0.243 e. The lowest BCUT2D eigenvalue weighted by molar-refractivity contribution is -0.116. The van der Waals surface area contributed by atoms with Crippen molar-refractivity contribution in [3.05, 3.63) is 23.8 Å². The Balaban J connectivity index is 2.79. The molecule has 7 heteroatoms. The van der Waals surface area contributed by atoms with Crippen molar-refractivity contribution in [2.75, 3.05) is 25.0 Å². The summed E-state index contributed by atoms with van der Waals surface area (Å²) in [5.74, 6) is -0.0946. The molecule has 25 heavy (non-hydrogen) atoms. The average Bonchev–Trinajstić information content (AvgIpc) is 2.57. The summed E-state index contributed by atoms with van der Waals surface area (Å²) < 4.78 is 26.9. The number of carbonyl (C=O) groups is 1. The Morgan fingerprint density at radius 2 is 1.76 bits per heavy atom. The Bertz CT molecular complexity index is 656. The molecule has 3 N–H and O–H groups in total. The third kappa shape index (κ3) is 6.41. The number of rotatable bonds is 11. The standard InChI is InChI=1S/C18H31N3O3S/c1-4-21(5-2)25(23,24)17-14-16(12-11-15(17)3)20-18(22)10-8-6-7-9-13-19/h11-12,14H,4-10,13,19H2,1-3H3,(H,20,22). The van der Waals surface area contributed by atoms with Crippen molar-refractivity contribution in [1.29, 1.82) is 0 Å². The number of hydrogen-bond donors (Lipinski definition) is 2. The molecule has 0 spiro atoms. The van der Waals surface area contributed by atoms with Crippen molar-refractivity contribution in [2.24, 2.45) is 5.73 Å². The van der Waals surface area contributed by atoms with Crippen LogP contribution >= 0.6 is 0 Å². The van der Waals surface area contributed by atoms with E-state index in [1.807, 2.05) is 13.8 Å². The van der Waals surface area contributed by atoms with Gasteiger partial charge in [0.2, 0.25) is 15.9 Å². The van der Waals surface area contributed by atoms with E-state index in [0.717, 1.165) is 25.7 Å². The highest BCUT2D eigenvalue weighted by Crippen LogP contribution is 2.23. The Hall–Kier alpha value is -1.44. The topological polar surface area (TPSA) is 92.5 Å². The van der Waals surface area contributed by atoms with E-state index < -0.39 is 10.0 Å². The van der Waals surface area contributed by atoms with Crippen LogP contribution in [-0.4, -0.2) is 38.3 Å². The second-order valence-corrected chi connectivity index (χ2v) is 7.98. The molecule has 1 amide bonds. The van der Waals surface area contributed by atoms with E-state index >= 15 is 0 Å². The molecule has 0 radical (unpaired) electrons. The molecular weight excluding hydrogens is 338 g/mol. The predicted octanol–water partition coefficient (Wildman–Crippen LogP) is 2.87. The molecule has 6 nitrogen and oxygen atoms in total. The first-order chi connectivity index (χ1) is 11.9. The normalized spacial score (nSPS) is 11.7. The molecule has 0 atom stereocenters. The average molecular weight is 370 g/mol. The maximum Gasteiger partial charge on any atom is 0.243 e. The SMILES string of the molecule is CCN(CC)S(=O)(=O)c1cc(NC(=O)CCCCCCN)ccc1C. The van der Waals surface area contributed by atoms with Crippen LogP contribution in [-0.2, 0) is 14.8 Å². The Labute approximate surface area is 151 Å². The highest BCUT2D eigenvalue weighted by atomic mass is 32.2. The number of benzene rings is 1. The third-order valence-corrected chi connectivity index (χ3v) is 6.34. The quantitative estimate of drug-likeness (QED) is 0.587. The molecule has 0 aromatic heterocycles. The third-order valence-electron chi connectivity index (χ3n) is 4.15. The van der Waals surface area contributed by atoms with Gasteiger partial charge in [-0.2, -0.15) is 4.31 Å². The van der Waals surface area contributed by atoms with Crippen molar-refractivity contribution < 1.29 is 13.2 Å². The first-order valence-corrected chi connectivity index (χ1v) is 10.4. The second-order valence-electron chi connectivity index (χ2n) is 6.07. The van der Waals surface area contributed by atoms with Gasteiger partial charge in [-0.15, -0.1) is 0 Å². The summed E-state index contributed by atoms with van der Waals surface area (Å²) in [5, 5.41) is 2.80. The zero-order valence-electron chi connectivity index (χ0n) is 15.5. The number of sulfonamides is 1. The number of nitrogens with one attached hydrogen (secondary N) is 1. The van der Waals surface area contributed by atoms with Crippen LogP contribution in [0.5, 0.6) is 0 Å². The molecule has 0 aliphatic rings. The second kappa shape index (κ2) is 10.5. The maximum atomic E-state index is 12.7. The number of aryl methyl sites for hydroxylation is 1. The van der Waals surface area contributed by atoms with Gasteiger partial charge in [0.15, 0.2) is 0 Å². The molecule has 142 valence electrons. The van der Waals surface area contributed by atoms with E-state index in [4.69, 9.17) is 5.73 Å². The fraction of sp³-hybridized carbons (Fsp3) is 0.611. The minimum atomic E-state index is -3.55. The summed E-state index contributed by atoms with van der Waals surface area (Å²) in [6.45, 7) is 6.90. The van der Waals surface area contributed by atoms with Crippen LogP contribution in [0.2, 0.25) is 0 Å². The largest absolute Gasteiger partial charge is 0.330 e. The van der Waals surface area contributed by atoms with Crippen LogP contribution in [0.1, 0.15) is 51.5 Å². The van der Waals surface area contributed by atoms with E-state index in [2.05, 4.69) is 5.32 Å². The summed E-state index contributed by atoms with van der Waals surface area (Å²) in [6.07, 6.45) is 4.21. The van der Waals surface area contributed by atoms with Crippen LogP contribution < -0.4 is 11.1 Å². The van der Waals surface area contributed by atoms with Gasteiger partial charge in [0.1, 0.15) is 0 Å². The van der Waals surface area contributed by atoms with E-state index in [1.54, 1.807) is 25.1 Å². The van der Waals surface area contributed by atoms with Crippen molar-refractivity contribution in [3.8, 4) is 0 Å². The monoisotopic (exact) mass is 369 g/mol. The van der Waals surface area contributed by atoms with E-state index in [9.17, 15) is 13.2 Å². The fourth-order valence-corrected chi connectivity index (χ4v) is 4.37. The van der Waals surface area contributed by atoms with Crippen LogP contribution in [0.25, 0.3) is 0 Å². The summed E-state index contributed by atoms with van der Waals surface area (Å²) in [7, 11) is -3.55. The molecule has 0 saturated carbocycles. The first-order valence-electron chi connectivity index (χ1n) is 8.97. The van der Waals surface area contributed by atoms with Crippen LogP contribution in [0.3, 0.4) is 0 Å². The Kier molecular flexibility index (Phi) is 9.10. The number of amides is 1. The van der Waals surface area contributed by atoms with Gasteiger partial charge >= 0.3 is 0 Å². The number of hydrogen-bond acceptors (Lipinski definition) is 4. The maximum absolute atomic E-state index is 12.7. The van der Waals surface area contributed by atoms with Gasteiger partial charge in [-0.05, 0) is 44.0 Å². The van der Waals surface area contributed by atoms with Crippen molar-refractivity contribution in [2.45, 2.75) is 57.8 Å². The Morgan fingerprint density at radius 3 is 2.36 bits per heavy atom. The molecule has 0 bridgehead atoms. The summed E-state index contributed by atoms with van der Waals surface area (Å²) in [6, 6.07) is 5.02. The molecule has 0 saturated heterocycles. The number of carbonyl (C=O) groups excluding carboxylic acids is 1. The van der Waals surface area contributed by atoms with Gasteiger partial charge < -0.3 is 11.1 Å². The van der Waals surface area contributed by atoms with Gasteiger partial charge in [0.25, 0.3) is 0 Å². The zero-order valence-corrected chi connectivity index (χ0v) is 16.4. The van der Waals surface area contributed by atoms with Gasteiger partial charge in [-0.3, -0.25) is 4.79 Å². The summed E-state index contributed by atoms with van der Waals surface area (Å²) in [5.41, 5.74) is 6.63. The lowest BCUT2D eigenvalue weighted by Crippen LogP contribution is -2.31. The van der Waals surface area contributed by atoms with Gasteiger partial charge in [0.05, 0.1) is 4.90 Å². The van der Waals surface area contributed by atoms with Crippen LogP contribution in [0.4, 0.5) is 5.69 Å². The van der Waals surface area contributed by atoms with Crippen molar-refractivity contribution in [1.82, 2.24) is 4.31 Å². The number of anilines is 1. The van der Waals surface area contributed by atoms with Gasteiger partial charge in [-0.1, -0.05) is 32.8 Å². The van der Waals surface area contributed by atoms with Crippen molar-refractivity contribution >= 4 is 21.6 Å². The molecule has 0 fully saturated rings. The lowest BCUT2D eigenvalue weighted by atomic mass is 10.1. The minimum absolute atomic E-state index is 0.0946. The van der Waals surface area contributed by atoms with Crippen LogP contribution in [0, 0.1) is 6.92 Å². The van der Waals surface area contributed by atoms with E-state index in [1.165, 1.54) is 4.31 Å². The predicted molar refractivity (Wildman–Crippen MR) is 102 cm³/mol. The first kappa shape index (κ1) is 21.6. The molecule has 1 aromatic carbocycles. The summed E-state index contributed by atoms with van der Waals surface area (Å²) in [4.78, 5) is 12.3.